The van der Waals surface area contributed by atoms with Gasteiger partial charge in [0.25, 0.3) is 0 Å². The van der Waals surface area contributed by atoms with Crippen molar-refractivity contribution in [1.29, 1.82) is 0 Å². The van der Waals surface area contributed by atoms with Crippen LogP contribution in [0.4, 0.5) is 0 Å². The van der Waals surface area contributed by atoms with Gasteiger partial charge in [0, 0.05) is 19.4 Å². The lowest BCUT2D eigenvalue weighted by molar-refractivity contribution is -0.166. The summed E-state index contributed by atoms with van der Waals surface area (Å²) in [6.07, 6.45) is 5.77. The van der Waals surface area contributed by atoms with Crippen molar-refractivity contribution >= 4 is 35.4 Å². The van der Waals surface area contributed by atoms with E-state index in [2.05, 4.69) is 34.4 Å². The van der Waals surface area contributed by atoms with Crippen molar-refractivity contribution in [3.8, 4) is 5.75 Å². The quantitative estimate of drug-likeness (QED) is 0.115. The van der Waals surface area contributed by atoms with Crippen LogP contribution in [0, 0.1) is 11.8 Å². The Morgan fingerprint density at radius 3 is 2.31 bits per heavy atom. The van der Waals surface area contributed by atoms with Crippen LogP contribution in [0.15, 0.2) is 60.7 Å². The Bertz CT molecular complexity index is 1350. The van der Waals surface area contributed by atoms with Crippen LogP contribution in [0.1, 0.15) is 77.5 Å². The molecular weight excluding hydrogens is 636 g/mol. The summed E-state index contributed by atoms with van der Waals surface area (Å²) < 4.78 is 20.5. The molecule has 2 aromatic carbocycles. The van der Waals surface area contributed by atoms with Crippen LogP contribution in [0.25, 0.3) is 0 Å². The van der Waals surface area contributed by atoms with Gasteiger partial charge >= 0.3 is 11.9 Å². The number of benzene rings is 2. The van der Waals surface area contributed by atoms with Gasteiger partial charge in [0.05, 0.1) is 25.3 Å². The summed E-state index contributed by atoms with van der Waals surface area (Å²) in [4.78, 5) is 47.2. The molecule has 1 aliphatic rings. The molecule has 1 aliphatic heterocycles. The highest BCUT2D eigenvalue weighted by atomic mass is 35.5. The fourth-order valence-corrected chi connectivity index (χ4v) is 5.25. The molecule has 2 N–H and O–H groups in total. The van der Waals surface area contributed by atoms with E-state index in [1.54, 1.807) is 26.2 Å². The molecule has 0 spiro atoms. The Labute approximate surface area is 289 Å². The van der Waals surface area contributed by atoms with Crippen LogP contribution in [0.3, 0.4) is 0 Å². The number of amides is 2. The van der Waals surface area contributed by atoms with Crippen LogP contribution < -0.4 is 15.4 Å². The maximum Gasteiger partial charge on any atom is 0.347 e. The number of methoxy groups -OCH3 is 2. The summed E-state index contributed by atoms with van der Waals surface area (Å²) in [6, 6.07) is 14.9. The number of esters is 2. The van der Waals surface area contributed by atoms with Crippen molar-refractivity contribution < 1.29 is 38.1 Å². The lowest BCUT2D eigenvalue weighted by atomic mass is 9.97. The number of halogens is 1. The van der Waals surface area contributed by atoms with Crippen molar-refractivity contribution in [1.82, 2.24) is 10.6 Å². The summed E-state index contributed by atoms with van der Waals surface area (Å²) in [5, 5.41) is 6.05. The van der Waals surface area contributed by atoms with Gasteiger partial charge in [-0.2, -0.15) is 0 Å². The maximum atomic E-state index is 12.5. The fraction of sp³-hybridized carbons (Fsp3) is 0.514. The number of ether oxygens (including phenoxy) is 4. The first kappa shape index (κ1) is 40.3. The van der Waals surface area contributed by atoms with E-state index in [0.717, 1.165) is 18.4 Å². The smallest absolute Gasteiger partial charge is 0.347 e. The van der Waals surface area contributed by atoms with Gasteiger partial charge in [0.2, 0.25) is 11.8 Å². The molecule has 48 heavy (non-hydrogen) atoms. The summed E-state index contributed by atoms with van der Waals surface area (Å²) in [5.74, 6) is -0.157. The molecule has 0 aliphatic carbocycles. The summed E-state index contributed by atoms with van der Waals surface area (Å²) in [5.41, 5.74) is 2.04. The monoisotopic (exact) mass is 686 g/mol. The molecular formula is C37H51ClN2O8. The highest BCUT2D eigenvalue weighted by Gasteiger charge is 2.43. The number of hydrogen-bond donors (Lipinski definition) is 2. The molecule has 10 nitrogen and oxygen atoms in total. The van der Waals surface area contributed by atoms with E-state index in [1.165, 1.54) is 18.7 Å². The molecule has 1 fully saturated rings. The van der Waals surface area contributed by atoms with Crippen molar-refractivity contribution in [3.63, 3.8) is 0 Å². The summed E-state index contributed by atoms with van der Waals surface area (Å²) >= 11 is 6.21. The fourth-order valence-electron chi connectivity index (χ4n) is 4.97. The molecule has 2 amide bonds. The van der Waals surface area contributed by atoms with Gasteiger partial charge in [-0.25, -0.2) is 4.79 Å². The Hall–Kier alpha value is -3.89. The average Bonchev–Trinajstić information content (AvgIpc) is 3.88. The molecule has 264 valence electrons. The van der Waals surface area contributed by atoms with Gasteiger partial charge in [-0.3, -0.25) is 14.4 Å². The number of carbonyl (C=O) groups is 4. The molecule has 0 unspecified atom stereocenters. The number of nitrogens with one attached hydrogen (secondary N) is 2. The summed E-state index contributed by atoms with van der Waals surface area (Å²) in [7, 11) is 2.83. The Morgan fingerprint density at radius 2 is 1.73 bits per heavy atom. The lowest BCUT2D eigenvalue weighted by Gasteiger charge is -2.18. The highest BCUT2D eigenvalue weighted by Crippen LogP contribution is 2.44. The number of epoxide rings is 1. The van der Waals surface area contributed by atoms with Gasteiger partial charge in [-0.1, -0.05) is 81.8 Å². The third-order valence-electron chi connectivity index (χ3n) is 7.62. The van der Waals surface area contributed by atoms with Gasteiger partial charge in [-0.15, -0.1) is 0 Å². The standard InChI is InChI=1S/C27H33ClN2O4.C10H18O4/c1-4-29-27(32)22(17-19-14-15-23(33-3)21(28)16-19)30-24(31)13-9-8-10-18(2)25-26(34-25)20-11-6-5-7-12-20;1-5-9(11)14-8(6-7(2)3)10(12)13-4/h5-7,9,11-16,18,22,25-26H,4,8,10,17H2,1-3H3,(H,29,32)(H,30,31);7-8H,5-6H2,1-4H3/b13-9+;/t18-,22+,25+,26+;8-/m00/s1. The zero-order valence-corrected chi connectivity index (χ0v) is 29.9. The molecule has 1 saturated heterocycles. The Morgan fingerprint density at radius 1 is 1.02 bits per heavy atom. The first-order valence-corrected chi connectivity index (χ1v) is 16.9. The van der Waals surface area contributed by atoms with Crippen LogP contribution in [0.2, 0.25) is 5.02 Å². The minimum atomic E-state index is -0.757. The largest absolute Gasteiger partial charge is 0.495 e. The van der Waals surface area contributed by atoms with E-state index in [9.17, 15) is 19.2 Å². The molecule has 11 heteroatoms. The number of allylic oxidation sites excluding steroid dienone is 1. The Balaban J connectivity index is 0.000000482. The molecule has 1 heterocycles. The molecule has 0 saturated carbocycles. The predicted octanol–water partition coefficient (Wildman–Crippen LogP) is 6.15. The molecule has 0 aromatic heterocycles. The number of rotatable bonds is 17. The highest BCUT2D eigenvalue weighted by molar-refractivity contribution is 6.32. The molecule has 2 aromatic rings. The van der Waals surface area contributed by atoms with E-state index < -0.39 is 18.1 Å². The van der Waals surface area contributed by atoms with Gasteiger partial charge < -0.3 is 29.6 Å². The predicted molar refractivity (Wildman–Crippen MR) is 186 cm³/mol. The van der Waals surface area contributed by atoms with E-state index in [0.29, 0.717) is 36.1 Å². The molecule has 5 atom stereocenters. The lowest BCUT2D eigenvalue weighted by Crippen LogP contribution is -2.47. The zero-order valence-electron chi connectivity index (χ0n) is 29.1. The third-order valence-corrected chi connectivity index (χ3v) is 7.92. The normalized spacial score (nSPS) is 16.9. The second kappa shape index (κ2) is 21.2. The Kier molecular flexibility index (Phi) is 17.8. The van der Waals surface area contributed by atoms with Crippen molar-refractivity contribution in [2.75, 3.05) is 20.8 Å². The zero-order chi connectivity index (χ0) is 35.6. The van der Waals surface area contributed by atoms with Gasteiger partial charge in [-0.05, 0) is 67.4 Å². The van der Waals surface area contributed by atoms with Crippen molar-refractivity contribution in [3.05, 3.63) is 76.8 Å². The van der Waals surface area contributed by atoms with E-state index in [-0.39, 0.29) is 42.3 Å². The topological polar surface area (TPSA) is 133 Å². The third kappa shape index (κ3) is 14.1. The van der Waals surface area contributed by atoms with E-state index in [1.807, 2.05) is 51.1 Å². The molecule has 3 rings (SSSR count). The number of likely N-dealkylation sites (N-methyl/N-ethyl adjacent to an activating group) is 1. The summed E-state index contributed by atoms with van der Waals surface area (Å²) in [6.45, 7) is 10.1. The van der Waals surface area contributed by atoms with E-state index >= 15 is 0 Å². The van der Waals surface area contributed by atoms with Crippen molar-refractivity contribution in [2.24, 2.45) is 11.8 Å². The van der Waals surface area contributed by atoms with Gasteiger partial charge in [0.1, 0.15) is 17.9 Å². The number of carbonyl (C=O) groups excluding carboxylic acids is 4. The van der Waals surface area contributed by atoms with Crippen LogP contribution >= 0.6 is 11.6 Å². The second-order valence-electron chi connectivity index (χ2n) is 12.0. The van der Waals surface area contributed by atoms with E-state index in [4.69, 9.17) is 25.8 Å². The minimum absolute atomic E-state index is 0.174. The first-order chi connectivity index (χ1) is 22.9. The number of hydrogen-bond acceptors (Lipinski definition) is 8. The minimum Gasteiger partial charge on any atom is -0.495 e. The van der Waals surface area contributed by atoms with Gasteiger partial charge in [0.15, 0.2) is 6.10 Å². The average molecular weight is 687 g/mol. The van der Waals surface area contributed by atoms with Crippen molar-refractivity contribution in [2.45, 2.75) is 91.1 Å². The molecule has 0 bridgehead atoms. The second-order valence-corrected chi connectivity index (χ2v) is 12.4. The molecule has 0 radical (unpaired) electrons. The van der Waals surface area contributed by atoms with Crippen LogP contribution in [-0.2, 0) is 39.8 Å². The van der Waals surface area contributed by atoms with Crippen LogP contribution in [-0.4, -0.2) is 62.8 Å². The maximum absolute atomic E-state index is 12.5. The first-order valence-electron chi connectivity index (χ1n) is 16.5. The SMILES string of the molecule is CCC(=O)O[C@@H](CC(C)C)C(=O)OC.CCNC(=O)[C@@H](Cc1ccc(OC)c(Cl)c1)NC(=O)/C=C/CC[C@H](C)[C@H]1O[C@@H]1c1ccccc1. The van der Waals surface area contributed by atoms with Crippen LogP contribution in [0.5, 0.6) is 5.75 Å².